The van der Waals surface area contributed by atoms with E-state index in [1.54, 1.807) is 24.4 Å². The first kappa shape index (κ1) is 44.3. The summed E-state index contributed by atoms with van der Waals surface area (Å²) < 4.78 is 42.0. The van der Waals surface area contributed by atoms with Gasteiger partial charge in [-0.05, 0) is 117 Å². The number of nitrogens with one attached hydrogen (secondary N) is 3. The number of likely N-dealkylation sites (tertiary alicyclic amines) is 1. The molecule has 0 radical (unpaired) electrons. The average molecular weight is 925 g/mol. The molecule has 3 N–H and O–H groups in total. The van der Waals surface area contributed by atoms with Crippen molar-refractivity contribution in [2.24, 2.45) is 5.41 Å². The maximum atomic E-state index is 14.1. The summed E-state index contributed by atoms with van der Waals surface area (Å²) in [4.78, 5) is 42.5. The van der Waals surface area contributed by atoms with E-state index in [4.69, 9.17) is 9.47 Å². The maximum Gasteiger partial charge on any atom is 0.300 e. The lowest BCUT2D eigenvalue weighted by atomic mass is 9.66. The summed E-state index contributed by atoms with van der Waals surface area (Å²) in [5, 5.41) is 15.5. The molecular formula is C51H56N8O7S. The normalized spacial score (nSPS) is 19.8. The number of sulfonamides is 1. The predicted octanol–water partition coefficient (Wildman–Crippen LogP) is 9.68. The Kier molecular flexibility index (Phi) is 12.1. The van der Waals surface area contributed by atoms with Crippen LogP contribution < -0.4 is 24.4 Å². The van der Waals surface area contributed by atoms with Crippen molar-refractivity contribution in [2.75, 3.05) is 36.5 Å². The number of aromatic amines is 1. The fourth-order valence-corrected chi connectivity index (χ4v) is 11.9. The van der Waals surface area contributed by atoms with Crippen LogP contribution >= 0.6 is 0 Å². The minimum atomic E-state index is -4.76. The van der Waals surface area contributed by atoms with Gasteiger partial charge in [0.25, 0.3) is 15.9 Å². The summed E-state index contributed by atoms with van der Waals surface area (Å²) in [5.74, 6) is -0.258. The van der Waals surface area contributed by atoms with E-state index in [0.29, 0.717) is 35.8 Å². The summed E-state index contributed by atoms with van der Waals surface area (Å²) in [6.45, 7) is 7.52. The number of ether oxygens (including phenoxy) is 2. The van der Waals surface area contributed by atoms with Crippen molar-refractivity contribution in [1.82, 2.24) is 24.6 Å². The number of nitrogens with zero attached hydrogens (tertiary/aromatic N) is 5. The van der Waals surface area contributed by atoms with Crippen molar-refractivity contribution in [3.05, 3.63) is 136 Å². The third-order valence-electron chi connectivity index (χ3n) is 14.5. The van der Waals surface area contributed by atoms with E-state index in [-0.39, 0.29) is 40.9 Å². The molecule has 1 spiro atoms. The molecule has 2 atom stereocenters. The van der Waals surface area contributed by atoms with Gasteiger partial charge in [0.05, 0.1) is 28.8 Å². The first-order valence-electron chi connectivity index (χ1n) is 23.5. The van der Waals surface area contributed by atoms with E-state index in [1.165, 1.54) is 62.4 Å². The van der Waals surface area contributed by atoms with Gasteiger partial charge in [-0.3, -0.25) is 19.8 Å². The van der Waals surface area contributed by atoms with Crippen LogP contribution in [-0.2, 0) is 16.4 Å². The maximum absolute atomic E-state index is 14.1. The quantitative estimate of drug-likeness (QED) is 0.0781. The van der Waals surface area contributed by atoms with E-state index in [1.807, 2.05) is 42.5 Å². The van der Waals surface area contributed by atoms with E-state index in [2.05, 4.69) is 72.9 Å². The predicted molar refractivity (Wildman–Crippen MR) is 257 cm³/mol. The van der Waals surface area contributed by atoms with Gasteiger partial charge < -0.3 is 24.7 Å². The van der Waals surface area contributed by atoms with Gasteiger partial charge in [-0.2, -0.15) is 13.4 Å². The van der Waals surface area contributed by atoms with Gasteiger partial charge in [-0.15, -0.1) is 0 Å². The first-order valence-corrected chi connectivity index (χ1v) is 24.9. The number of benzene rings is 3. The molecule has 4 aliphatic rings. The fourth-order valence-electron chi connectivity index (χ4n) is 10.9. The van der Waals surface area contributed by atoms with Crippen LogP contribution in [0.1, 0.15) is 104 Å². The molecule has 1 saturated carbocycles. The lowest BCUT2D eigenvalue weighted by molar-refractivity contribution is -0.384. The molecule has 2 saturated heterocycles. The van der Waals surface area contributed by atoms with Gasteiger partial charge in [0.1, 0.15) is 23.8 Å². The van der Waals surface area contributed by atoms with Crippen molar-refractivity contribution in [1.29, 1.82) is 0 Å². The molecule has 1 amide bonds. The molecule has 1 unspecified atom stereocenters. The van der Waals surface area contributed by atoms with Crippen LogP contribution in [0.4, 0.5) is 17.1 Å². The van der Waals surface area contributed by atoms with Crippen LogP contribution in [0.5, 0.6) is 17.4 Å². The number of aromatic nitrogens is 3. The van der Waals surface area contributed by atoms with Crippen molar-refractivity contribution in [3.63, 3.8) is 0 Å². The van der Waals surface area contributed by atoms with Gasteiger partial charge >= 0.3 is 5.69 Å². The van der Waals surface area contributed by atoms with Gasteiger partial charge in [0.15, 0.2) is 10.7 Å². The zero-order valence-corrected chi connectivity index (χ0v) is 38.6. The number of anilines is 2. The Balaban J connectivity index is 0.849. The highest BCUT2D eigenvalue weighted by Crippen LogP contribution is 2.49. The lowest BCUT2D eigenvalue weighted by Crippen LogP contribution is -2.45. The molecule has 1 aliphatic carbocycles. The Morgan fingerprint density at radius 1 is 0.970 bits per heavy atom. The molecule has 348 valence electrons. The number of H-pyrrole nitrogens is 1. The largest absolute Gasteiger partial charge is 0.474 e. The van der Waals surface area contributed by atoms with Crippen molar-refractivity contribution in [2.45, 2.75) is 101 Å². The van der Waals surface area contributed by atoms with Crippen LogP contribution in [0, 0.1) is 15.5 Å². The van der Waals surface area contributed by atoms with Crippen LogP contribution in [0.3, 0.4) is 0 Å². The number of carbonyl (C=O) groups is 1. The molecular weight excluding hydrogens is 869 g/mol. The van der Waals surface area contributed by atoms with E-state index < -0.39 is 31.6 Å². The van der Waals surface area contributed by atoms with Gasteiger partial charge in [0, 0.05) is 48.5 Å². The first-order chi connectivity index (χ1) is 32.4. The molecule has 3 aromatic heterocycles. The lowest BCUT2D eigenvalue weighted by Gasteiger charge is -2.48. The number of hydrogen-bond donors (Lipinski definition) is 3. The molecule has 6 heterocycles. The summed E-state index contributed by atoms with van der Waals surface area (Å²) in [7, 11) is -4.76. The molecule has 0 bridgehead atoms. The van der Waals surface area contributed by atoms with Gasteiger partial charge in [-0.25, -0.2) is 9.71 Å². The highest BCUT2D eigenvalue weighted by molar-refractivity contribution is 7.90. The minimum Gasteiger partial charge on any atom is -0.474 e. The third-order valence-corrected chi connectivity index (χ3v) is 15.7. The van der Waals surface area contributed by atoms with E-state index >= 15 is 0 Å². The number of piperidine rings is 1. The minimum absolute atomic E-state index is 0.0303. The smallest absolute Gasteiger partial charge is 0.300 e. The van der Waals surface area contributed by atoms with Crippen LogP contribution in [-0.4, -0.2) is 77.4 Å². The Morgan fingerprint density at radius 2 is 1.75 bits per heavy atom. The third kappa shape index (κ3) is 9.16. The summed E-state index contributed by atoms with van der Waals surface area (Å²) >= 11 is 0. The molecule has 67 heavy (non-hydrogen) atoms. The summed E-state index contributed by atoms with van der Waals surface area (Å²) in [5.41, 5.74) is 5.14. The number of carbonyl (C=O) groups excluding carboxylic acids is 1. The molecule has 6 aromatic rings. The van der Waals surface area contributed by atoms with E-state index in [9.17, 15) is 23.3 Å². The number of amides is 1. The number of pyridine rings is 2. The molecule has 16 heteroatoms. The van der Waals surface area contributed by atoms with Crippen molar-refractivity contribution >= 4 is 44.0 Å². The number of nitro groups is 1. The monoisotopic (exact) mass is 924 g/mol. The molecule has 3 fully saturated rings. The molecule has 3 aromatic carbocycles. The highest BCUT2D eigenvalue weighted by Gasteiger charge is 2.42. The van der Waals surface area contributed by atoms with Crippen molar-refractivity contribution in [3.8, 4) is 17.4 Å². The second kappa shape index (κ2) is 18.3. The van der Waals surface area contributed by atoms with Crippen LogP contribution in [0.15, 0.2) is 108 Å². The van der Waals surface area contributed by atoms with Gasteiger partial charge in [-0.1, -0.05) is 68.4 Å². The molecule has 15 nitrogen and oxygen atoms in total. The summed E-state index contributed by atoms with van der Waals surface area (Å²) in [6.07, 6.45) is 13.2. The Hall–Kier alpha value is -6.52. The Bertz CT molecular complexity index is 2910. The standard InChI is InChI=1S/C51H56N8O7S/c1-33(2)40-11-6-7-12-41(40)43-13-8-24-58(43)37-16-19-51(20-17-37)21-25-57(26-22-51)38-14-15-42(45(29-38)66-39-28-35-18-23-52-48(35)53-31-39)49(60)56-67(63,64)46-30-44(59(61)62)47-50(55-46)65-32-36(54-47)27-34-9-4-3-5-10-34/h3-7,9-12,14-15,18,23,28-31,33,36-37,43,54H,8,13,16-17,19-22,24-27,32H2,1-2H3,(H,52,53)(H,56,60)/t36?,43-/m0/s1. The topological polar surface area (TPSA) is 185 Å². The van der Waals surface area contributed by atoms with Crippen LogP contribution in [0.25, 0.3) is 11.0 Å². The SMILES string of the molecule is CC(C)c1ccccc1[C@@H]1CCCN1C1CCC2(CC1)CCN(c1ccc(C(=O)NS(=O)(=O)c3cc([N+](=O)[O-])c4c(n3)OCC(Cc3ccccc3)N4)c(Oc3cnc4[nH]ccc4c3)c1)CC2. The molecule has 3 aliphatic heterocycles. The van der Waals surface area contributed by atoms with E-state index in [0.717, 1.165) is 48.6 Å². The Morgan fingerprint density at radius 3 is 2.52 bits per heavy atom. The summed E-state index contributed by atoms with van der Waals surface area (Å²) in [6, 6.07) is 29.0. The number of fused-ring (bicyclic) bond motifs is 2. The van der Waals surface area contributed by atoms with Crippen LogP contribution in [0.2, 0.25) is 0 Å². The molecule has 10 rings (SSSR count). The zero-order chi connectivity index (χ0) is 46.3. The highest BCUT2D eigenvalue weighted by atomic mass is 32.2. The van der Waals surface area contributed by atoms with Gasteiger partial charge in [0.2, 0.25) is 5.88 Å². The average Bonchev–Trinajstić information content (AvgIpc) is 4.02. The number of hydrogen-bond acceptors (Lipinski definition) is 12. The fraction of sp³-hybridized carbons (Fsp3) is 0.392. The Labute approximate surface area is 390 Å². The second-order valence-electron chi connectivity index (χ2n) is 19.0. The van der Waals surface area contributed by atoms with Crippen molar-refractivity contribution < 1.29 is 27.6 Å². The number of rotatable bonds is 12. The zero-order valence-electron chi connectivity index (χ0n) is 37.8. The second-order valence-corrected chi connectivity index (χ2v) is 20.6.